The van der Waals surface area contributed by atoms with Crippen molar-refractivity contribution < 1.29 is 9.53 Å². The van der Waals surface area contributed by atoms with Gasteiger partial charge in [-0.15, -0.1) is 0 Å². The van der Waals surface area contributed by atoms with Gasteiger partial charge in [-0.3, -0.25) is 9.69 Å². The lowest BCUT2D eigenvalue weighted by Crippen LogP contribution is -2.48. The Morgan fingerprint density at radius 3 is 2.55 bits per heavy atom. The van der Waals surface area contributed by atoms with Gasteiger partial charge in [-0.25, -0.2) is 0 Å². The zero-order chi connectivity index (χ0) is 26.3. The number of hydrogen-bond acceptors (Lipinski definition) is 3. The lowest BCUT2D eigenvalue weighted by molar-refractivity contribution is -0.133. The first-order valence-electron chi connectivity index (χ1n) is 13.6. The highest BCUT2D eigenvalue weighted by Crippen LogP contribution is 2.36. The van der Waals surface area contributed by atoms with Gasteiger partial charge in [0.1, 0.15) is 5.75 Å². The van der Waals surface area contributed by atoms with Crippen LogP contribution in [-0.2, 0) is 11.2 Å². The Labute approximate surface area is 225 Å². The molecule has 0 unspecified atom stereocenters. The molecule has 5 rings (SSSR count). The van der Waals surface area contributed by atoms with Crippen molar-refractivity contribution >= 4 is 22.9 Å². The molecule has 0 saturated carbocycles. The normalized spacial score (nSPS) is 15.3. The van der Waals surface area contributed by atoms with Crippen LogP contribution in [0.1, 0.15) is 41.5 Å². The number of aromatic amines is 1. The third kappa shape index (κ3) is 5.84. The van der Waals surface area contributed by atoms with Gasteiger partial charge in [-0.2, -0.15) is 0 Å². The Kier molecular flexibility index (Phi) is 8.25. The number of piperazine rings is 1. The van der Waals surface area contributed by atoms with Crippen LogP contribution in [0, 0.1) is 0 Å². The molecule has 0 bridgehead atoms. The van der Waals surface area contributed by atoms with Gasteiger partial charge in [0.15, 0.2) is 0 Å². The lowest BCUT2D eigenvalue weighted by Gasteiger charge is -2.35. The number of carbonyl (C=O) groups excluding carboxylic acids is 1. The Morgan fingerprint density at radius 2 is 1.79 bits per heavy atom. The molecular weight excluding hydrogens is 470 g/mol. The summed E-state index contributed by atoms with van der Waals surface area (Å²) < 4.78 is 5.53. The van der Waals surface area contributed by atoms with Crippen LogP contribution in [0.25, 0.3) is 17.0 Å². The molecule has 3 aromatic carbocycles. The van der Waals surface area contributed by atoms with Crippen LogP contribution in [-0.4, -0.2) is 60.5 Å². The number of carbonyl (C=O) groups is 1. The third-order valence-electron chi connectivity index (χ3n) is 7.66. The number of amides is 1. The van der Waals surface area contributed by atoms with Crippen molar-refractivity contribution in [3.05, 3.63) is 107 Å². The van der Waals surface area contributed by atoms with Gasteiger partial charge in [-0.05, 0) is 40.8 Å². The van der Waals surface area contributed by atoms with E-state index in [0.29, 0.717) is 6.42 Å². The minimum atomic E-state index is -0.0507. The SMILES string of the molecule is CCc1cccc2c([C@H](CC(=O)N3CCN(C/C=C/c4ccccc4)CC3)c3cccc(OC)c3)c[nH]c12. The number of benzene rings is 3. The van der Waals surface area contributed by atoms with Gasteiger partial charge in [-0.1, -0.05) is 79.7 Å². The summed E-state index contributed by atoms with van der Waals surface area (Å²) in [6.07, 6.45) is 7.88. The van der Waals surface area contributed by atoms with Gasteiger partial charge in [0.05, 0.1) is 7.11 Å². The third-order valence-corrected chi connectivity index (χ3v) is 7.66. The molecule has 1 atom stereocenters. The number of aromatic nitrogens is 1. The van der Waals surface area contributed by atoms with E-state index in [1.165, 1.54) is 27.6 Å². The van der Waals surface area contributed by atoms with E-state index in [2.05, 4.69) is 89.8 Å². The quantitative estimate of drug-likeness (QED) is 0.297. The molecule has 1 N–H and O–H groups in total. The molecule has 0 aliphatic carbocycles. The zero-order valence-electron chi connectivity index (χ0n) is 22.4. The van der Waals surface area contributed by atoms with Gasteiger partial charge < -0.3 is 14.6 Å². The monoisotopic (exact) mass is 507 g/mol. The molecule has 38 heavy (non-hydrogen) atoms. The maximum Gasteiger partial charge on any atom is 0.223 e. The number of ether oxygens (including phenoxy) is 1. The molecule has 4 aromatic rings. The Bertz CT molecular complexity index is 1380. The molecule has 0 spiro atoms. The number of nitrogens with zero attached hydrogens (tertiary/aromatic N) is 2. The van der Waals surface area contributed by atoms with Crippen molar-refractivity contribution in [3.63, 3.8) is 0 Å². The molecule has 1 aromatic heterocycles. The molecule has 1 amide bonds. The smallest absolute Gasteiger partial charge is 0.223 e. The Hall–Kier alpha value is -3.83. The second-order valence-corrected chi connectivity index (χ2v) is 9.97. The number of para-hydroxylation sites is 1. The summed E-state index contributed by atoms with van der Waals surface area (Å²) in [5, 5.41) is 1.19. The highest BCUT2D eigenvalue weighted by Gasteiger charge is 2.27. The fourth-order valence-electron chi connectivity index (χ4n) is 5.47. The number of methoxy groups -OCH3 is 1. The Balaban J connectivity index is 1.30. The summed E-state index contributed by atoms with van der Waals surface area (Å²) in [5.41, 5.74) is 5.95. The van der Waals surface area contributed by atoms with Crippen LogP contribution in [0.15, 0.2) is 85.1 Å². The fourth-order valence-corrected chi connectivity index (χ4v) is 5.47. The molecule has 1 saturated heterocycles. The number of aryl methyl sites for hydroxylation is 1. The van der Waals surface area contributed by atoms with Gasteiger partial charge in [0, 0.05) is 62.2 Å². The standard InChI is InChI=1S/C33H37N3O2/c1-3-26-13-8-16-29-31(24-34-33(26)29)30(27-14-7-15-28(22-27)38-2)23-32(37)36-20-18-35(19-21-36)17-9-12-25-10-5-4-6-11-25/h4-16,22,24,30,34H,3,17-21,23H2,1-2H3/b12-9+/t30-/m1/s1. The van der Waals surface area contributed by atoms with E-state index in [4.69, 9.17) is 4.74 Å². The lowest BCUT2D eigenvalue weighted by atomic mass is 9.87. The minimum absolute atomic E-state index is 0.0507. The van der Waals surface area contributed by atoms with Crippen LogP contribution < -0.4 is 4.74 Å². The van der Waals surface area contributed by atoms with Crippen LogP contribution in [0.2, 0.25) is 0 Å². The highest BCUT2D eigenvalue weighted by molar-refractivity contribution is 5.88. The molecule has 2 heterocycles. The molecule has 0 radical (unpaired) electrons. The van der Waals surface area contributed by atoms with Crippen molar-refractivity contribution in [1.82, 2.24) is 14.8 Å². The number of nitrogens with one attached hydrogen (secondary N) is 1. The van der Waals surface area contributed by atoms with Gasteiger partial charge in [0.2, 0.25) is 5.91 Å². The van der Waals surface area contributed by atoms with Crippen molar-refractivity contribution in [2.75, 3.05) is 39.8 Å². The van der Waals surface area contributed by atoms with E-state index in [1.54, 1.807) is 7.11 Å². The first-order chi connectivity index (χ1) is 18.7. The van der Waals surface area contributed by atoms with Crippen LogP contribution in [0.3, 0.4) is 0 Å². The maximum absolute atomic E-state index is 13.6. The van der Waals surface area contributed by atoms with Gasteiger partial charge >= 0.3 is 0 Å². The van der Waals surface area contributed by atoms with Crippen molar-refractivity contribution in [2.24, 2.45) is 0 Å². The molecule has 5 nitrogen and oxygen atoms in total. The summed E-state index contributed by atoms with van der Waals surface area (Å²) >= 11 is 0. The van der Waals surface area contributed by atoms with E-state index in [0.717, 1.165) is 50.5 Å². The molecule has 196 valence electrons. The second kappa shape index (κ2) is 12.1. The minimum Gasteiger partial charge on any atom is -0.497 e. The first-order valence-corrected chi connectivity index (χ1v) is 13.6. The maximum atomic E-state index is 13.6. The number of fused-ring (bicyclic) bond motifs is 1. The fraction of sp³-hybridized carbons (Fsp3) is 0.303. The van der Waals surface area contributed by atoms with E-state index >= 15 is 0 Å². The van der Waals surface area contributed by atoms with Crippen molar-refractivity contribution in [1.29, 1.82) is 0 Å². The number of H-pyrrole nitrogens is 1. The van der Waals surface area contributed by atoms with Crippen LogP contribution >= 0.6 is 0 Å². The summed E-state index contributed by atoms with van der Waals surface area (Å²) in [6, 6.07) is 25.0. The molecule has 1 fully saturated rings. The predicted molar refractivity (Wildman–Crippen MR) is 156 cm³/mol. The van der Waals surface area contributed by atoms with Crippen molar-refractivity contribution in [2.45, 2.75) is 25.7 Å². The molecule has 1 aliphatic rings. The average molecular weight is 508 g/mol. The largest absolute Gasteiger partial charge is 0.497 e. The molecule has 5 heteroatoms. The molecule has 1 aliphatic heterocycles. The summed E-state index contributed by atoms with van der Waals surface area (Å²) in [6.45, 7) is 6.38. The van der Waals surface area contributed by atoms with Crippen LogP contribution in [0.5, 0.6) is 5.75 Å². The first kappa shape index (κ1) is 25.8. The Morgan fingerprint density at radius 1 is 1.00 bits per heavy atom. The van der Waals surface area contributed by atoms with E-state index in [1.807, 2.05) is 23.1 Å². The van der Waals surface area contributed by atoms with E-state index in [-0.39, 0.29) is 11.8 Å². The topological polar surface area (TPSA) is 48.6 Å². The summed E-state index contributed by atoms with van der Waals surface area (Å²) in [7, 11) is 1.69. The molecular formula is C33H37N3O2. The zero-order valence-corrected chi connectivity index (χ0v) is 22.4. The van der Waals surface area contributed by atoms with Crippen molar-refractivity contribution in [3.8, 4) is 5.75 Å². The number of rotatable bonds is 9. The van der Waals surface area contributed by atoms with Gasteiger partial charge in [0.25, 0.3) is 0 Å². The highest BCUT2D eigenvalue weighted by atomic mass is 16.5. The summed E-state index contributed by atoms with van der Waals surface area (Å²) in [4.78, 5) is 21.6. The number of hydrogen-bond donors (Lipinski definition) is 1. The van der Waals surface area contributed by atoms with Crippen LogP contribution in [0.4, 0.5) is 0 Å². The second-order valence-electron chi connectivity index (χ2n) is 9.97. The van der Waals surface area contributed by atoms with E-state index in [9.17, 15) is 4.79 Å². The summed E-state index contributed by atoms with van der Waals surface area (Å²) in [5.74, 6) is 0.967. The average Bonchev–Trinajstić information content (AvgIpc) is 3.41. The predicted octanol–water partition coefficient (Wildman–Crippen LogP) is 6.12. The van der Waals surface area contributed by atoms with E-state index < -0.39 is 0 Å².